The van der Waals surface area contributed by atoms with Crippen molar-refractivity contribution in [2.45, 2.75) is 25.4 Å². The van der Waals surface area contributed by atoms with Gasteiger partial charge in [-0.25, -0.2) is 4.98 Å². The molecule has 2 aliphatic rings. The summed E-state index contributed by atoms with van der Waals surface area (Å²) in [7, 11) is 0. The summed E-state index contributed by atoms with van der Waals surface area (Å²) in [6.45, 7) is 8.44. The molecule has 0 radical (unpaired) electrons. The van der Waals surface area contributed by atoms with Gasteiger partial charge in [-0.15, -0.1) is 0 Å². The molecule has 0 atom stereocenters. The highest BCUT2D eigenvalue weighted by Gasteiger charge is 2.22. The summed E-state index contributed by atoms with van der Waals surface area (Å²) in [5, 5.41) is 11.4. The first-order valence-corrected chi connectivity index (χ1v) is 14.1. The van der Waals surface area contributed by atoms with Crippen LogP contribution in [0, 0.1) is 0 Å². The third-order valence-electron chi connectivity index (χ3n) is 7.17. The van der Waals surface area contributed by atoms with E-state index in [0.717, 1.165) is 94.5 Å². The van der Waals surface area contributed by atoms with Gasteiger partial charge < -0.3 is 15.4 Å². The van der Waals surface area contributed by atoms with Gasteiger partial charge in [0.2, 0.25) is 5.95 Å². The zero-order valence-electron chi connectivity index (χ0n) is 21.1. The Morgan fingerprint density at radius 1 is 0.973 bits per heavy atom. The first-order valence-electron chi connectivity index (χ1n) is 13.2. The molecule has 0 amide bonds. The van der Waals surface area contributed by atoms with Crippen LogP contribution in [0.1, 0.15) is 18.4 Å². The van der Waals surface area contributed by atoms with E-state index in [-0.39, 0.29) is 0 Å². The second-order valence-electron chi connectivity index (χ2n) is 9.73. The number of aromatic nitrogens is 4. The van der Waals surface area contributed by atoms with Crippen molar-refractivity contribution in [1.82, 2.24) is 29.3 Å². The largest absolute Gasteiger partial charge is 0.379 e. The van der Waals surface area contributed by atoms with Crippen LogP contribution in [0.15, 0.2) is 53.5 Å². The Labute approximate surface area is 221 Å². The lowest BCUT2D eigenvalue weighted by atomic mass is 10.0. The van der Waals surface area contributed by atoms with E-state index in [1.807, 2.05) is 10.9 Å². The van der Waals surface area contributed by atoms with Crippen LogP contribution in [0.3, 0.4) is 0 Å². The Bertz CT molecular complexity index is 1260. The minimum Gasteiger partial charge on any atom is -0.379 e. The maximum Gasteiger partial charge on any atom is 0.227 e. The van der Waals surface area contributed by atoms with Gasteiger partial charge in [0.25, 0.3) is 0 Å². The summed E-state index contributed by atoms with van der Waals surface area (Å²) in [6.07, 6.45) is 3.98. The topological polar surface area (TPSA) is 83.4 Å². The van der Waals surface area contributed by atoms with Crippen LogP contribution in [0.5, 0.6) is 0 Å². The van der Waals surface area contributed by atoms with Crippen molar-refractivity contribution >= 4 is 34.3 Å². The molecule has 0 spiro atoms. The van der Waals surface area contributed by atoms with E-state index in [4.69, 9.17) is 14.7 Å². The third kappa shape index (κ3) is 5.93. The predicted molar refractivity (Wildman–Crippen MR) is 149 cm³/mol. The second-order valence-corrected chi connectivity index (χ2v) is 10.5. The van der Waals surface area contributed by atoms with Gasteiger partial charge in [0.05, 0.1) is 18.9 Å². The van der Waals surface area contributed by atoms with Crippen molar-refractivity contribution < 1.29 is 4.74 Å². The molecule has 2 saturated heterocycles. The lowest BCUT2D eigenvalue weighted by Crippen LogP contribution is -2.39. The lowest BCUT2D eigenvalue weighted by Gasteiger charge is -2.32. The summed E-state index contributed by atoms with van der Waals surface area (Å²) in [5.74, 6) is 1.45. The highest BCUT2D eigenvalue weighted by Crippen LogP contribution is 2.26. The van der Waals surface area contributed by atoms with Crippen LogP contribution in [0.25, 0.3) is 16.9 Å². The number of imidazole rings is 1. The number of morpholine rings is 1. The number of ether oxygens (including phenoxy) is 1. The number of thiophene rings is 1. The normalized spacial score (nSPS) is 17.8. The number of fused-ring (bicyclic) bond motifs is 1. The Balaban J connectivity index is 1.16. The molecular formula is C27H34N8OS. The number of anilines is 2. The van der Waals surface area contributed by atoms with Crippen LogP contribution in [-0.4, -0.2) is 87.8 Å². The first-order chi connectivity index (χ1) is 18.3. The number of nitrogens with zero attached hydrogens (tertiary/aromatic N) is 6. The molecule has 3 aromatic heterocycles. The van der Waals surface area contributed by atoms with Crippen molar-refractivity contribution in [3.05, 3.63) is 59.0 Å². The first kappa shape index (κ1) is 24.3. The average Bonchev–Trinajstić information content (AvgIpc) is 3.61. The highest BCUT2D eigenvalue weighted by atomic mass is 32.1. The van der Waals surface area contributed by atoms with Crippen molar-refractivity contribution in [3.8, 4) is 5.69 Å². The average molecular weight is 519 g/mol. The zero-order chi connectivity index (χ0) is 24.9. The molecular weight excluding hydrogens is 484 g/mol. The number of benzene rings is 1. The minimum atomic E-state index is 0.350. The molecule has 1 aromatic carbocycles. The summed E-state index contributed by atoms with van der Waals surface area (Å²) in [4.78, 5) is 19.5. The fourth-order valence-corrected chi connectivity index (χ4v) is 5.72. The Morgan fingerprint density at radius 2 is 1.81 bits per heavy atom. The number of hydrogen-bond acceptors (Lipinski definition) is 9. The second kappa shape index (κ2) is 11.6. The molecule has 0 aliphatic carbocycles. The zero-order valence-corrected chi connectivity index (χ0v) is 21.9. The van der Waals surface area contributed by atoms with Gasteiger partial charge in [-0.2, -0.15) is 21.3 Å². The summed E-state index contributed by atoms with van der Waals surface area (Å²) < 4.78 is 7.53. The monoisotopic (exact) mass is 518 g/mol. The molecule has 2 aliphatic heterocycles. The van der Waals surface area contributed by atoms with Crippen LogP contribution >= 0.6 is 11.3 Å². The van der Waals surface area contributed by atoms with Gasteiger partial charge in [-0.3, -0.25) is 14.4 Å². The van der Waals surface area contributed by atoms with E-state index in [1.165, 1.54) is 5.56 Å². The quantitative estimate of drug-likeness (QED) is 0.347. The van der Waals surface area contributed by atoms with Gasteiger partial charge in [0, 0.05) is 57.2 Å². The van der Waals surface area contributed by atoms with E-state index < -0.39 is 0 Å². The van der Waals surface area contributed by atoms with Crippen molar-refractivity contribution in [2.75, 3.05) is 63.1 Å². The number of piperidine rings is 1. The molecule has 10 heteroatoms. The molecule has 2 fully saturated rings. The molecule has 0 bridgehead atoms. The Hall–Kier alpha value is -3.05. The molecule has 5 heterocycles. The van der Waals surface area contributed by atoms with Gasteiger partial charge in [0.15, 0.2) is 17.0 Å². The van der Waals surface area contributed by atoms with Gasteiger partial charge >= 0.3 is 0 Å². The van der Waals surface area contributed by atoms with Gasteiger partial charge in [-0.1, -0.05) is 30.3 Å². The van der Waals surface area contributed by atoms with Gasteiger partial charge in [0.1, 0.15) is 6.33 Å². The van der Waals surface area contributed by atoms with E-state index in [1.54, 1.807) is 11.3 Å². The van der Waals surface area contributed by atoms with Gasteiger partial charge in [-0.05, 0) is 29.9 Å². The van der Waals surface area contributed by atoms with E-state index in [0.29, 0.717) is 12.0 Å². The maximum atomic E-state index is 5.48. The lowest BCUT2D eigenvalue weighted by molar-refractivity contribution is 0.0398. The highest BCUT2D eigenvalue weighted by molar-refractivity contribution is 7.08. The third-order valence-corrected chi connectivity index (χ3v) is 7.85. The number of likely N-dealkylation sites (tertiary alicyclic amines) is 1. The van der Waals surface area contributed by atoms with Crippen molar-refractivity contribution in [1.29, 1.82) is 0 Å². The van der Waals surface area contributed by atoms with Crippen molar-refractivity contribution in [2.24, 2.45) is 0 Å². The fourth-order valence-electron chi connectivity index (χ4n) is 5.09. The van der Waals surface area contributed by atoms with E-state index in [2.05, 4.69) is 72.6 Å². The molecule has 2 N–H and O–H groups in total. The Kier molecular flexibility index (Phi) is 7.59. The standard InChI is InChI=1S/C27H34N8OS/c1-2-4-21(5-3-1)18-34-10-6-22(7-11-34)30-27-31-25(28-9-12-33-13-15-36-16-14-33)24-26(32-27)35(20-29-24)23-8-17-37-19-23/h1-5,8,17,19-20,22H,6-7,9-16,18H2,(H2,28,30,31,32). The molecule has 0 saturated carbocycles. The fraction of sp³-hybridized carbons (Fsp3) is 0.444. The van der Waals surface area contributed by atoms with Crippen LogP contribution in [0.2, 0.25) is 0 Å². The molecule has 9 nitrogen and oxygen atoms in total. The van der Waals surface area contributed by atoms with E-state index >= 15 is 0 Å². The van der Waals surface area contributed by atoms with E-state index in [9.17, 15) is 0 Å². The number of nitrogens with one attached hydrogen (secondary N) is 2. The predicted octanol–water partition coefficient (Wildman–Crippen LogP) is 3.70. The Morgan fingerprint density at radius 3 is 2.59 bits per heavy atom. The smallest absolute Gasteiger partial charge is 0.227 e. The van der Waals surface area contributed by atoms with Crippen LogP contribution < -0.4 is 10.6 Å². The number of hydrogen-bond donors (Lipinski definition) is 2. The van der Waals surface area contributed by atoms with Crippen LogP contribution in [-0.2, 0) is 11.3 Å². The molecule has 194 valence electrons. The van der Waals surface area contributed by atoms with Crippen molar-refractivity contribution in [3.63, 3.8) is 0 Å². The minimum absolute atomic E-state index is 0.350. The van der Waals surface area contributed by atoms with Crippen LogP contribution in [0.4, 0.5) is 11.8 Å². The molecule has 0 unspecified atom stereocenters. The maximum absolute atomic E-state index is 5.48. The molecule has 37 heavy (non-hydrogen) atoms. The number of rotatable bonds is 9. The summed E-state index contributed by atoms with van der Waals surface area (Å²) >= 11 is 1.67. The summed E-state index contributed by atoms with van der Waals surface area (Å²) in [5.41, 5.74) is 4.07. The summed E-state index contributed by atoms with van der Waals surface area (Å²) in [6, 6.07) is 13.2. The SMILES string of the molecule is c1ccc(CN2CCC(Nc3nc(NCCN4CCOCC4)c4ncn(-c5ccsc5)c4n3)CC2)cc1. The molecule has 4 aromatic rings. The molecule has 6 rings (SSSR count).